The van der Waals surface area contributed by atoms with Crippen LogP contribution in [0.5, 0.6) is 0 Å². The lowest BCUT2D eigenvalue weighted by molar-refractivity contribution is -0.121. The average molecular weight is 356 g/mol. The minimum atomic E-state index is 0.0502. The van der Waals surface area contributed by atoms with Crippen LogP contribution < -0.4 is 5.32 Å². The Hall–Kier alpha value is -2.11. The van der Waals surface area contributed by atoms with E-state index in [2.05, 4.69) is 58.4 Å². The van der Waals surface area contributed by atoms with Crippen LogP contribution in [-0.4, -0.2) is 31.2 Å². The summed E-state index contributed by atoms with van der Waals surface area (Å²) in [4.78, 5) is 15.8. The second-order valence-corrected chi connectivity index (χ2v) is 6.87. The largest absolute Gasteiger partial charge is 0.383 e. The number of rotatable bonds is 8. The lowest BCUT2D eigenvalue weighted by Gasteiger charge is -2.16. The first-order valence-electron chi connectivity index (χ1n) is 8.61. The van der Waals surface area contributed by atoms with E-state index in [0.29, 0.717) is 19.6 Å². The number of H-pyrrole nitrogens is 1. The van der Waals surface area contributed by atoms with E-state index in [1.54, 1.807) is 18.4 Å². The number of hydrogen-bond acceptors (Lipinski definition) is 3. The fourth-order valence-electron chi connectivity index (χ4n) is 3.25. The van der Waals surface area contributed by atoms with Crippen LogP contribution in [-0.2, 0) is 16.0 Å². The third kappa shape index (κ3) is 3.94. The van der Waals surface area contributed by atoms with E-state index in [1.807, 2.05) is 0 Å². The number of carbonyl (C=O) groups is 1. The molecule has 2 aromatic heterocycles. The van der Waals surface area contributed by atoms with Crippen molar-refractivity contribution in [3.05, 3.63) is 57.9 Å². The standard InChI is InChI=1S/C20H24N2O2S/c1-3-14-5-4-6-16-18(12-22-20(14)16)17(15-7-10-25-13-15)11-19(23)21-8-9-24-2/h4-7,10,12-13,17,22H,3,8-9,11H2,1-2H3,(H,21,23). The summed E-state index contributed by atoms with van der Waals surface area (Å²) in [7, 11) is 1.64. The predicted octanol–water partition coefficient (Wildman–Crippen LogP) is 4.08. The van der Waals surface area contributed by atoms with Gasteiger partial charge in [-0.2, -0.15) is 11.3 Å². The molecule has 0 aliphatic rings. The number of aryl methyl sites for hydroxylation is 1. The lowest BCUT2D eigenvalue weighted by Crippen LogP contribution is -2.28. The smallest absolute Gasteiger partial charge is 0.221 e. The number of methoxy groups -OCH3 is 1. The number of thiophene rings is 1. The van der Waals surface area contributed by atoms with Gasteiger partial charge in [0.2, 0.25) is 5.91 Å². The van der Waals surface area contributed by atoms with Gasteiger partial charge in [0.15, 0.2) is 0 Å². The number of carbonyl (C=O) groups excluding carboxylic acids is 1. The molecule has 0 saturated carbocycles. The summed E-state index contributed by atoms with van der Waals surface area (Å²) >= 11 is 1.66. The van der Waals surface area contributed by atoms with Crippen LogP contribution in [0.1, 0.15) is 36.0 Å². The van der Waals surface area contributed by atoms with E-state index in [-0.39, 0.29) is 11.8 Å². The summed E-state index contributed by atoms with van der Waals surface area (Å²) in [6, 6.07) is 8.50. The average Bonchev–Trinajstić information content (AvgIpc) is 3.29. The zero-order valence-corrected chi connectivity index (χ0v) is 15.5. The van der Waals surface area contributed by atoms with E-state index >= 15 is 0 Å². The Morgan fingerprint density at radius 1 is 1.36 bits per heavy atom. The van der Waals surface area contributed by atoms with E-state index in [0.717, 1.165) is 6.42 Å². The number of ether oxygens (including phenoxy) is 1. The zero-order chi connectivity index (χ0) is 17.6. The second-order valence-electron chi connectivity index (χ2n) is 6.09. The van der Waals surface area contributed by atoms with Crippen LogP contribution in [0, 0.1) is 0 Å². The monoisotopic (exact) mass is 356 g/mol. The summed E-state index contributed by atoms with van der Waals surface area (Å²) in [5.41, 5.74) is 4.86. The van der Waals surface area contributed by atoms with Crippen molar-refractivity contribution in [3.8, 4) is 0 Å². The first-order valence-corrected chi connectivity index (χ1v) is 9.55. The number of aromatic nitrogens is 1. The van der Waals surface area contributed by atoms with Crippen molar-refractivity contribution >= 4 is 28.1 Å². The van der Waals surface area contributed by atoms with Crippen molar-refractivity contribution in [1.29, 1.82) is 0 Å². The summed E-state index contributed by atoms with van der Waals surface area (Å²) in [5, 5.41) is 8.35. The first kappa shape index (κ1) is 17.7. The topological polar surface area (TPSA) is 54.1 Å². The van der Waals surface area contributed by atoms with Crippen LogP contribution in [0.25, 0.3) is 10.9 Å². The summed E-state index contributed by atoms with van der Waals surface area (Å²) in [5.74, 6) is 0.101. The molecule has 3 aromatic rings. The number of benzene rings is 1. The molecule has 5 heteroatoms. The lowest BCUT2D eigenvalue weighted by atomic mass is 9.89. The normalized spacial score (nSPS) is 12.4. The fourth-order valence-corrected chi connectivity index (χ4v) is 3.97. The van der Waals surface area contributed by atoms with Crippen LogP contribution in [0.4, 0.5) is 0 Å². The molecule has 0 aliphatic heterocycles. The van der Waals surface area contributed by atoms with Crippen LogP contribution in [0.2, 0.25) is 0 Å². The highest BCUT2D eigenvalue weighted by atomic mass is 32.1. The SMILES string of the molecule is CCc1cccc2c(C(CC(=O)NCCOC)c3ccsc3)c[nH]c12. The molecule has 0 spiro atoms. The second kappa shape index (κ2) is 8.32. The van der Waals surface area contributed by atoms with Crippen molar-refractivity contribution in [3.63, 3.8) is 0 Å². The van der Waals surface area contributed by atoms with Crippen molar-refractivity contribution in [2.75, 3.05) is 20.3 Å². The highest BCUT2D eigenvalue weighted by Crippen LogP contribution is 2.35. The molecule has 132 valence electrons. The third-order valence-corrected chi connectivity index (χ3v) is 5.25. The number of nitrogens with one attached hydrogen (secondary N) is 2. The van der Waals surface area contributed by atoms with Crippen molar-refractivity contribution < 1.29 is 9.53 Å². The molecule has 2 heterocycles. The maximum absolute atomic E-state index is 12.4. The number of para-hydroxylation sites is 1. The molecule has 0 fully saturated rings. The fraction of sp³-hybridized carbons (Fsp3) is 0.350. The molecule has 25 heavy (non-hydrogen) atoms. The first-order chi connectivity index (χ1) is 12.2. The zero-order valence-electron chi connectivity index (χ0n) is 14.7. The minimum absolute atomic E-state index is 0.0502. The maximum Gasteiger partial charge on any atom is 0.221 e. The summed E-state index contributed by atoms with van der Waals surface area (Å²) in [6.07, 6.45) is 3.48. The van der Waals surface area contributed by atoms with Gasteiger partial charge < -0.3 is 15.0 Å². The Morgan fingerprint density at radius 3 is 2.96 bits per heavy atom. The van der Waals surface area contributed by atoms with E-state index < -0.39 is 0 Å². The molecule has 0 bridgehead atoms. The Bertz CT molecular complexity index is 823. The molecule has 1 atom stereocenters. The molecule has 0 aliphatic carbocycles. The van der Waals surface area contributed by atoms with Gasteiger partial charge in [-0.25, -0.2) is 0 Å². The van der Waals surface area contributed by atoms with Gasteiger partial charge in [-0.1, -0.05) is 25.1 Å². The predicted molar refractivity (Wildman–Crippen MR) is 103 cm³/mol. The molecule has 4 nitrogen and oxygen atoms in total. The number of amides is 1. The molecule has 1 unspecified atom stereocenters. The minimum Gasteiger partial charge on any atom is -0.383 e. The van der Waals surface area contributed by atoms with E-state index in [1.165, 1.54) is 27.6 Å². The molecule has 0 saturated heterocycles. The van der Waals surface area contributed by atoms with Crippen LogP contribution in [0.15, 0.2) is 41.2 Å². The van der Waals surface area contributed by atoms with Gasteiger partial charge in [0.25, 0.3) is 0 Å². The van der Waals surface area contributed by atoms with Gasteiger partial charge in [0, 0.05) is 43.1 Å². The van der Waals surface area contributed by atoms with Crippen LogP contribution >= 0.6 is 11.3 Å². The Kier molecular flexibility index (Phi) is 5.89. The number of hydrogen-bond donors (Lipinski definition) is 2. The van der Waals surface area contributed by atoms with Crippen LogP contribution in [0.3, 0.4) is 0 Å². The molecule has 1 aromatic carbocycles. The Balaban J connectivity index is 1.92. The van der Waals surface area contributed by atoms with Crippen molar-refractivity contribution in [1.82, 2.24) is 10.3 Å². The highest BCUT2D eigenvalue weighted by molar-refractivity contribution is 7.08. The van der Waals surface area contributed by atoms with Crippen molar-refractivity contribution in [2.45, 2.75) is 25.7 Å². The molecule has 0 radical (unpaired) electrons. The third-order valence-electron chi connectivity index (χ3n) is 4.55. The Labute approximate surface area is 152 Å². The van der Waals surface area contributed by atoms with Gasteiger partial charge in [-0.05, 0) is 39.9 Å². The maximum atomic E-state index is 12.4. The van der Waals surface area contributed by atoms with Crippen molar-refractivity contribution in [2.24, 2.45) is 0 Å². The molecular weight excluding hydrogens is 332 g/mol. The quantitative estimate of drug-likeness (QED) is 0.598. The van der Waals surface area contributed by atoms with Gasteiger partial charge in [-0.15, -0.1) is 0 Å². The van der Waals surface area contributed by atoms with Gasteiger partial charge >= 0.3 is 0 Å². The highest BCUT2D eigenvalue weighted by Gasteiger charge is 2.22. The summed E-state index contributed by atoms with van der Waals surface area (Å²) < 4.78 is 5.01. The Morgan fingerprint density at radius 2 is 2.24 bits per heavy atom. The molecule has 2 N–H and O–H groups in total. The van der Waals surface area contributed by atoms with Gasteiger partial charge in [0.1, 0.15) is 0 Å². The van der Waals surface area contributed by atoms with E-state index in [4.69, 9.17) is 4.74 Å². The number of aromatic amines is 1. The molecule has 3 rings (SSSR count). The molecular formula is C20H24N2O2S. The summed E-state index contributed by atoms with van der Waals surface area (Å²) in [6.45, 7) is 3.23. The van der Waals surface area contributed by atoms with E-state index in [9.17, 15) is 4.79 Å². The van der Waals surface area contributed by atoms with Gasteiger partial charge in [-0.3, -0.25) is 4.79 Å². The molecule has 1 amide bonds. The number of fused-ring (bicyclic) bond motifs is 1. The van der Waals surface area contributed by atoms with Gasteiger partial charge in [0.05, 0.1) is 6.61 Å².